The van der Waals surface area contributed by atoms with Gasteiger partial charge in [-0.15, -0.1) is 0 Å². The molecule has 252 valence electrons. The SMILES string of the molecule is CCOC(=O)C1=C(C)NC(=O)N[C@@H]1c1ccc(OCC(=O)N/N=C\c2cc(Br)c(OCc3ccc(C(=O)O)cc3)c(OC)c2)c(OC)c1. The van der Waals surface area contributed by atoms with E-state index in [4.69, 9.17) is 28.8 Å². The zero-order valence-corrected chi connectivity index (χ0v) is 28.0. The molecule has 3 aromatic carbocycles. The van der Waals surface area contributed by atoms with Crippen LogP contribution in [0.25, 0.3) is 0 Å². The molecular weight excluding hydrogens is 692 g/mol. The smallest absolute Gasteiger partial charge is 0.338 e. The molecule has 0 unspecified atom stereocenters. The topological polar surface area (TPSA) is 183 Å². The highest BCUT2D eigenvalue weighted by molar-refractivity contribution is 9.10. The highest BCUT2D eigenvalue weighted by atomic mass is 79.9. The number of allylic oxidation sites excluding steroid dienone is 1. The van der Waals surface area contributed by atoms with Crippen LogP contribution in [0.4, 0.5) is 4.79 Å². The number of halogens is 1. The van der Waals surface area contributed by atoms with Crippen molar-refractivity contribution in [2.24, 2.45) is 5.10 Å². The molecule has 0 spiro atoms. The summed E-state index contributed by atoms with van der Waals surface area (Å²) in [4.78, 5) is 48.4. The van der Waals surface area contributed by atoms with E-state index in [-0.39, 0.29) is 35.8 Å². The number of carboxylic acids is 1. The summed E-state index contributed by atoms with van der Waals surface area (Å²) < 4.78 is 28.2. The fourth-order valence-electron chi connectivity index (χ4n) is 4.61. The lowest BCUT2D eigenvalue weighted by Gasteiger charge is -2.28. The summed E-state index contributed by atoms with van der Waals surface area (Å²) in [6.45, 7) is 3.25. The van der Waals surface area contributed by atoms with Gasteiger partial charge >= 0.3 is 18.0 Å². The van der Waals surface area contributed by atoms with Crippen LogP contribution in [0, 0.1) is 0 Å². The molecule has 0 radical (unpaired) electrons. The number of hydrogen-bond donors (Lipinski definition) is 4. The molecule has 48 heavy (non-hydrogen) atoms. The van der Waals surface area contributed by atoms with Gasteiger partial charge in [-0.3, -0.25) is 4.79 Å². The summed E-state index contributed by atoms with van der Waals surface area (Å²) >= 11 is 3.47. The van der Waals surface area contributed by atoms with Crippen molar-refractivity contribution >= 4 is 46.0 Å². The van der Waals surface area contributed by atoms with Gasteiger partial charge in [-0.2, -0.15) is 5.10 Å². The number of carboxylic acid groups (broad SMARTS) is 1. The van der Waals surface area contributed by atoms with Crippen LogP contribution in [-0.4, -0.2) is 62.6 Å². The van der Waals surface area contributed by atoms with Crippen molar-refractivity contribution in [2.75, 3.05) is 27.4 Å². The highest BCUT2D eigenvalue weighted by Crippen LogP contribution is 2.37. The van der Waals surface area contributed by atoms with E-state index in [9.17, 15) is 19.2 Å². The number of esters is 1. The minimum atomic E-state index is -1.01. The number of hydrogen-bond acceptors (Lipinski definition) is 10. The third-order valence-corrected chi connectivity index (χ3v) is 7.47. The Morgan fingerprint density at radius 3 is 2.40 bits per heavy atom. The predicted molar refractivity (Wildman–Crippen MR) is 176 cm³/mol. The monoisotopic (exact) mass is 724 g/mol. The lowest BCUT2D eigenvalue weighted by atomic mass is 9.95. The number of rotatable bonds is 14. The number of ether oxygens (including phenoxy) is 5. The zero-order chi connectivity index (χ0) is 34.8. The van der Waals surface area contributed by atoms with Crippen LogP contribution in [0.5, 0.6) is 23.0 Å². The molecule has 0 fully saturated rings. The summed E-state index contributed by atoms with van der Waals surface area (Å²) in [5.74, 6) is -0.769. The number of urea groups is 1. The summed E-state index contributed by atoms with van der Waals surface area (Å²) in [6.07, 6.45) is 1.42. The molecule has 4 N–H and O–H groups in total. The molecule has 0 saturated carbocycles. The maximum absolute atomic E-state index is 12.6. The van der Waals surface area contributed by atoms with Crippen molar-refractivity contribution in [3.8, 4) is 23.0 Å². The summed E-state index contributed by atoms with van der Waals surface area (Å²) in [5, 5.41) is 18.4. The molecule has 0 aliphatic carbocycles. The first-order chi connectivity index (χ1) is 23.0. The van der Waals surface area contributed by atoms with E-state index in [2.05, 4.69) is 37.1 Å². The average Bonchev–Trinajstić information content (AvgIpc) is 3.06. The number of amides is 3. The van der Waals surface area contributed by atoms with Crippen molar-refractivity contribution in [2.45, 2.75) is 26.5 Å². The summed E-state index contributed by atoms with van der Waals surface area (Å²) in [5.41, 5.74) is 5.09. The molecule has 3 amide bonds. The van der Waals surface area contributed by atoms with Gasteiger partial charge < -0.3 is 39.4 Å². The Bertz CT molecular complexity index is 1760. The standard InChI is InChI=1S/C33H33BrN4O10/c1-5-46-32(42)28-18(2)36-33(43)37-29(28)22-10-11-24(25(14-22)44-3)47-17-27(39)38-35-15-20-12-23(34)30(26(13-20)45-4)48-16-19-6-8-21(9-7-19)31(40)41/h6-15,29H,5,16-17H2,1-4H3,(H,38,39)(H,40,41)(H2,36,37,43)/b35-15-/t29-/m1/s1. The second kappa shape index (κ2) is 16.3. The van der Waals surface area contributed by atoms with Gasteiger partial charge in [0.25, 0.3) is 5.91 Å². The molecule has 1 heterocycles. The van der Waals surface area contributed by atoms with Crippen molar-refractivity contribution in [3.63, 3.8) is 0 Å². The van der Waals surface area contributed by atoms with Crippen LogP contribution >= 0.6 is 15.9 Å². The third-order valence-electron chi connectivity index (χ3n) is 6.88. The van der Waals surface area contributed by atoms with E-state index in [1.165, 1.54) is 32.6 Å². The maximum atomic E-state index is 12.6. The predicted octanol–water partition coefficient (Wildman–Crippen LogP) is 4.46. The average molecular weight is 726 g/mol. The fourth-order valence-corrected chi connectivity index (χ4v) is 5.19. The first kappa shape index (κ1) is 35.3. The van der Waals surface area contributed by atoms with Crippen LogP contribution < -0.4 is 35.0 Å². The minimum Gasteiger partial charge on any atom is -0.493 e. The molecular formula is C33H33BrN4O10. The fraction of sp³-hybridized carbons (Fsp3) is 0.242. The molecule has 0 saturated heterocycles. The Kier molecular flexibility index (Phi) is 12.0. The van der Waals surface area contributed by atoms with E-state index >= 15 is 0 Å². The molecule has 0 bridgehead atoms. The van der Waals surface area contributed by atoms with Crippen LogP contribution in [0.3, 0.4) is 0 Å². The van der Waals surface area contributed by atoms with E-state index in [0.29, 0.717) is 32.8 Å². The highest BCUT2D eigenvalue weighted by Gasteiger charge is 2.32. The van der Waals surface area contributed by atoms with Gasteiger partial charge in [0.15, 0.2) is 29.6 Å². The van der Waals surface area contributed by atoms with E-state index in [1.54, 1.807) is 56.3 Å². The Hall–Kier alpha value is -5.57. The Labute approximate surface area is 284 Å². The molecule has 1 atom stereocenters. The van der Waals surface area contributed by atoms with Gasteiger partial charge in [0.2, 0.25) is 0 Å². The molecule has 1 aliphatic heterocycles. The maximum Gasteiger partial charge on any atom is 0.338 e. The van der Waals surface area contributed by atoms with E-state index in [1.807, 2.05) is 0 Å². The molecule has 15 heteroatoms. The normalized spacial score (nSPS) is 14.1. The second-order valence-electron chi connectivity index (χ2n) is 10.1. The largest absolute Gasteiger partial charge is 0.493 e. The molecule has 4 rings (SSSR count). The van der Waals surface area contributed by atoms with Crippen LogP contribution in [0.2, 0.25) is 0 Å². The number of nitrogens with zero attached hydrogens (tertiary/aromatic N) is 1. The van der Waals surface area contributed by atoms with Gasteiger partial charge in [-0.1, -0.05) is 18.2 Å². The number of nitrogens with one attached hydrogen (secondary N) is 3. The van der Waals surface area contributed by atoms with Gasteiger partial charge in [-0.05, 0) is 82.9 Å². The second-order valence-corrected chi connectivity index (χ2v) is 11.0. The lowest BCUT2D eigenvalue weighted by molar-refractivity contribution is -0.139. The van der Waals surface area contributed by atoms with Crippen molar-refractivity contribution in [1.29, 1.82) is 0 Å². The van der Waals surface area contributed by atoms with Crippen LogP contribution in [0.1, 0.15) is 46.9 Å². The molecule has 1 aliphatic rings. The van der Waals surface area contributed by atoms with Crippen LogP contribution in [0.15, 0.2) is 75.4 Å². The van der Waals surface area contributed by atoms with Gasteiger partial charge in [0.05, 0.1) is 48.7 Å². The quantitative estimate of drug-likeness (QED) is 0.105. The number of aromatic carboxylic acids is 1. The number of carbonyl (C=O) groups is 4. The van der Waals surface area contributed by atoms with Crippen molar-refractivity contribution < 1.29 is 48.0 Å². The summed E-state index contributed by atoms with van der Waals surface area (Å²) in [7, 11) is 2.91. The third kappa shape index (κ3) is 8.82. The lowest BCUT2D eigenvalue weighted by Crippen LogP contribution is -2.45. The van der Waals surface area contributed by atoms with Gasteiger partial charge in [0.1, 0.15) is 6.61 Å². The number of benzene rings is 3. The molecule has 14 nitrogen and oxygen atoms in total. The Morgan fingerprint density at radius 1 is 1.00 bits per heavy atom. The van der Waals surface area contributed by atoms with Crippen LogP contribution in [-0.2, 0) is 20.9 Å². The first-order valence-electron chi connectivity index (χ1n) is 14.4. The first-order valence-corrected chi connectivity index (χ1v) is 15.2. The number of methoxy groups -OCH3 is 2. The van der Waals surface area contributed by atoms with Gasteiger partial charge in [-0.25, -0.2) is 19.8 Å². The molecule has 0 aromatic heterocycles. The van der Waals surface area contributed by atoms with E-state index < -0.39 is 36.5 Å². The number of hydrazone groups is 1. The Morgan fingerprint density at radius 2 is 1.73 bits per heavy atom. The zero-order valence-electron chi connectivity index (χ0n) is 26.4. The van der Waals surface area contributed by atoms with Gasteiger partial charge in [0, 0.05) is 5.70 Å². The molecule has 3 aromatic rings. The number of carbonyl (C=O) groups excluding carboxylic acids is 3. The minimum absolute atomic E-state index is 0.168. The summed E-state index contributed by atoms with van der Waals surface area (Å²) in [6, 6.07) is 13.3. The van der Waals surface area contributed by atoms with E-state index in [0.717, 1.165) is 5.56 Å². The Balaban J connectivity index is 1.36. The van der Waals surface area contributed by atoms with Crippen molar-refractivity contribution in [1.82, 2.24) is 16.1 Å². The van der Waals surface area contributed by atoms with Crippen molar-refractivity contribution in [3.05, 3.63) is 92.6 Å².